The minimum Gasteiger partial charge on any atom is -0.339 e. The van der Waals surface area contributed by atoms with Crippen LogP contribution in [-0.4, -0.2) is 32.3 Å². The number of nitrogens with two attached hydrogens (primary N) is 1. The highest BCUT2D eigenvalue weighted by molar-refractivity contribution is 7.93. The van der Waals surface area contributed by atoms with Gasteiger partial charge in [0.1, 0.15) is 0 Å². The minimum absolute atomic E-state index is 0.117. The number of sulfonamides is 1. The molecule has 0 saturated heterocycles. The number of nitrogens with zero attached hydrogens (tertiary/aromatic N) is 1. The van der Waals surface area contributed by atoms with Crippen LogP contribution in [0.3, 0.4) is 0 Å². The van der Waals surface area contributed by atoms with Crippen LogP contribution in [0.1, 0.15) is 20.3 Å². The molecule has 1 aliphatic rings. The van der Waals surface area contributed by atoms with E-state index in [1.807, 2.05) is 13.8 Å². The van der Waals surface area contributed by atoms with E-state index in [4.69, 9.17) is 5.14 Å². The van der Waals surface area contributed by atoms with Crippen LogP contribution in [0.5, 0.6) is 0 Å². The highest BCUT2D eigenvalue weighted by Crippen LogP contribution is 2.19. The third kappa shape index (κ3) is 3.30. The minimum atomic E-state index is -3.90. The standard InChI is InChI=1S/C12H18N2O3S/c1-3-14(4-2)12(15)10-8-6-5-7-9-11(10)18(13,16)17/h6-9H,3-5H2,1-2H3,(H2,13,16,17). The summed E-state index contributed by atoms with van der Waals surface area (Å²) in [7, 11) is -3.90. The van der Waals surface area contributed by atoms with Crippen molar-refractivity contribution < 1.29 is 13.2 Å². The van der Waals surface area contributed by atoms with Gasteiger partial charge in [-0.25, -0.2) is 13.6 Å². The van der Waals surface area contributed by atoms with Crippen molar-refractivity contribution in [3.63, 3.8) is 0 Å². The van der Waals surface area contributed by atoms with Crippen molar-refractivity contribution in [2.75, 3.05) is 13.1 Å². The molecule has 2 N–H and O–H groups in total. The summed E-state index contributed by atoms with van der Waals surface area (Å²) < 4.78 is 23.0. The molecule has 0 bridgehead atoms. The SMILES string of the molecule is CCN(CC)C(=O)C1=C(S(N)(=O)=O)C=CCC=C1. The number of primary sulfonamides is 1. The van der Waals surface area contributed by atoms with Gasteiger partial charge in [0, 0.05) is 13.1 Å². The van der Waals surface area contributed by atoms with Gasteiger partial charge in [-0.1, -0.05) is 18.2 Å². The van der Waals surface area contributed by atoms with E-state index in [2.05, 4.69) is 0 Å². The number of amides is 1. The summed E-state index contributed by atoms with van der Waals surface area (Å²) in [5, 5.41) is 5.15. The van der Waals surface area contributed by atoms with E-state index in [-0.39, 0.29) is 16.4 Å². The molecule has 0 unspecified atom stereocenters. The lowest BCUT2D eigenvalue weighted by Gasteiger charge is -2.20. The van der Waals surface area contributed by atoms with Crippen LogP contribution in [0.25, 0.3) is 0 Å². The van der Waals surface area contributed by atoms with Crippen LogP contribution in [0.4, 0.5) is 0 Å². The van der Waals surface area contributed by atoms with E-state index in [0.29, 0.717) is 19.5 Å². The van der Waals surface area contributed by atoms with E-state index in [1.165, 1.54) is 12.2 Å². The number of hydrogen-bond acceptors (Lipinski definition) is 3. The Morgan fingerprint density at radius 3 is 2.33 bits per heavy atom. The topological polar surface area (TPSA) is 80.5 Å². The lowest BCUT2D eigenvalue weighted by Crippen LogP contribution is -2.32. The first-order chi connectivity index (χ1) is 8.41. The monoisotopic (exact) mass is 270 g/mol. The maximum atomic E-state index is 12.2. The molecule has 1 amide bonds. The van der Waals surface area contributed by atoms with E-state index in [0.717, 1.165) is 0 Å². The quantitative estimate of drug-likeness (QED) is 0.824. The average molecular weight is 270 g/mol. The number of carbonyl (C=O) groups excluding carboxylic acids is 1. The molecular formula is C12H18N2O3S. The summed E-state index contributed by atoms with van der Waals surface area (Å²) in [6.45, 7) is 4.73. The summed E-state index contributed by atoms with van der Waals surface area (Å²) in [6.07, 6.45) is 6.91. The Morgan fingerprint density at radius 2 is 1.83 bits per heavy atom. The molecule has 1 rings (SSSR count). The predicted octanol–water partition coefficient (Wildman–Crippen LogP) is 0.914. The van der Waals surface area contributed by atoms with Crippen LogP contribution < -0.4 is 5.14 Å². The van der Waals surface area contributed by atoms with Gasteiger partial charge in [-0.3, -0.25) is 4.79 Å². The Hall–Kier alpha value is -1.40. The molecule has 0 aromatic heterocycles. The molecule has 0 aromatic carbocycles. The molecular weight excluding hydrogens is 252 g/mol. The number of likely N-dealkylation sites (N-methyl/N-ethyl adjacent to an activating group) is 1. The van der Waals surface area contributed by atoms with Gasteiger partial charge in [0.05, 0.1) is 10.5 Å². The summed E-state index contributed by atoms with van der Waals surface area (Å²) in [6, 6.07) is 0. The van der Waals surface area contributed by atoms with Gasteiger partial charge in [-0.15, -0.1) is 0 Å². The number of allylic oxidation sites excluding steroid dienone is 3. The van der Waals surface area contributed by atoms with Crippen LogP contribution >= 0.6 is 0 Å². The second kappa shape index (κ2) is 5.97. The summed E-state index contributed by atoms with van der Waals surface area (Å²) in [4.78, 5) is 13.7. The third-order valence-corrected chi connectivity index (χ3v) is 3.65. The molecule has 0 radical (unpaired) electrons. The van der Waals surface area contributed by atoms with Crippen molar-refractivity contribution in [3.05, 3.63) is 34.8 Å². The van der Waals surface area contributed by atoms with Gasteiger partial charge in [-0.05, 0) is 26.3 Å². The molecule has 1 aliphatic carbocycles. The fourth-order valence-electron chi connectivity index (χ4n) is 1.72. The van der Waals surface area contributed by atoms with Crippen molar-refractivity contribution in [1.82, 2.24) is 4.90 Å². The second-order valence-electron chi connectivity index (χ2n) is 3.84. The van der Waals surface area contributed by atoms with Gasteiger partial charge in [0.2, 0.25) is 10.0 Å². The summed E-state index contributed by atoms with van der Waals surface area (Å²) in [5.74, 6) is -0.313. The second-order valence-corrected chi connectivity index (χ2v) is 5.37. The molecule has 0 aromatic rings. The highest BCUT2D eigenvalue weighted by Gasteiger charge is 2.23. The normalized spacial score (nSPS) is 15.7. The Bertz CT molecular complexity index is 511. The lowest BCUT2D eigenvalue weighted by molar-refractivity contribution is -0.126. The van der Waals surface area contributed by atoms with Gasteiger partial charge >= 0.3 is 0 Å². The largest absolute Gasteiger partial charge is 0.339 e. The highest BCUT2D eigenvalue weighted by atomic mass is 32.2. The van der Waals surface area contributed by atoms with Crippen LogP contribution in [-0.2, 0) is 14.8 Å². The van der Waals surface area contributed by atoms with Gasteiger partial charge in [0.25, 0.3) is 5.91 Å². The van der Waals surface area contributed by atoms with E-state index in [1.54, 1.807) is 17.1 Å². The summed E-state index contributed by atoms with van der Waals surface area (Å²) in [5.41, 5.74) is 0.134. The third-order valence-electron chi connectivity index (χ3n) is 2.68. The van der Waals surface area contributed by atoms with Crippen LogP contribution in [0.2, 0.25) is 0 Å². The number of hydrogen-bond donors (Lipinski definition) is 1. The first-order valence-corrected chi connectivity index (χ1v) is 7.35. The van der Waals surface area contributed by atoms with Crippen LogP contribution in [0, 0.1) is 0 Å². The van der Waals surface area contributed by atoms with Crippen molar-refractivity contribution in [2.24, 2.45) is 5.14 Å². The molecule has 0 atom stereocenters. The maximum absolute atomic E-state index is 12.2. The van der Waals surface area contributed by atoms with Crippen LogP contribution in [0.15, 0.2) is 34.8 Å². The molecule has 0 fully saturated rings. The average Bonchev–Trinajstić information content (AvgIpc) is 2.54. The van der Waals surface area contributed by atoms with Gasteiger partial charge in [0.15, 0.2) is 0 Å². The number of rotatable bonds is 4. The smallest absolute Gasteiger partial charge is 0.255 e. The van der Waals surface area contributed by atoms with Crippen molar-refractivity contribution in [1.29, 1.82) is 0 Å². The molecule has 100 valence electrons. The Labute approximate surface area is 108 Å². The molecule has 0 aliphatic heterocycles. The first kappa shape index (κ1) is 14.7. The maximum Gasteiger partial charge on any atom is 0.255 e. The molecule has 0 heterocycles. The molecule has 5 nitrogen and oxygen atoms in total. The Balaban J connectivity index is 3.34. The van der Waals surface area contributed by atoms with Gasteiger partial charge in [-0.2, -0.15) is 0 Å². The number of carbonyl (C=O) groups is 1. The fourth-order valence-corrected chi connectivity index (χ4v) is 2.47. The van der Waals surface area contributed by atoms with Crippen molar-refractivity contribution in [3.8, 4) is 0 Å². The first-order valence-electron chi connectivity index (χ1n) is 5.81. The fraction of sp³-hybridized carbons (Fsp3) is 0.417. The van der Waals surface area contributed by atoms with E-state index < -0.39 is 10.0 Å². The zero-order valence-corrected chi connectivity index (χ0v) is 11.4. The zero-order chi connectivity index (χ0) is 13.8. The summed E-state index contributed by atoms with van der Waals surface area (Å²) >= 11 is 0. The molecule has 0 spiro atoms. The van der Waals surface area contributed by atoms with E-state index >= 15 is 0 Å². The molecule has 18 heavy (non-hydrogen) atoms. The van der Waals surface area contributed by atoms with Gasteiger partial charge < -0.3 is 4.90 Å². The predicted molar refractivity (Wildman–Crippen MR) is 71.0 cm³/mol. The van der Waals surface area contributed by atoms with E-state index in [9.17, 15) is 13.2 Å². The molecule has 6 heteroatoms. The molecule has 0 saturated carbocycles. The van der Waals surface area contributed by atoms with Crippen molar-refractivity contribution in [2.45, 2.75) is 20.3 Å². The lowest BCUT2D eigenvalue weighted by atomic mass is 10.2. The van der Waals surface area contributed by atoms with Crippen molar-refractivity contribution >= 4 is 15.9 Å². The zero-order valence-electron chi connectivity index (χ0n) is 10.6. The Morgan fingerprint density at radius 1 is 1.28 bits per heavy atom. The Kier molecular flexibility index (Phi) is 4.86.